The van der Waals surface area contributed by atoms with E-state index in [0.717, 1.165) is 55.0 Å². The molecule has 2 aromatic carbocycles. The van der Waals surface area contributed by atoms with Gasteiger partial charge in [-0.1, -0.05) is 12.0 Å². The van der Waals surface area contributed by atoms with Gasteiger partial charge in [0.25, 0.3) is 0 Å². The highest BCUT2D eigenvalue weighted by Crippen LogP contribution is 2.36. The normalized spacial score (nSPS) is 16.6. The van der Waals surface area contributed by atoms with Gasteiger partial charge < -0.3 is 29.5 Å². The predicted molar refractivity (Wildman–Crippen MR) is 147 cm³/mol. The number of benzene rings is 2. The molecule has 1 amide bonds. The monoisotopic (exact) mass is 531 g/mol. The first kappa shape index (κ1) is 26.7. The molecule has 0 unspecified atom stereocenters. The van der Waals surface area contributed by atoms with E-state index in [-0.39, 0.29) is 12.0 Å². The lowest BCUT2D eigenvalue weighted by molar-refractivity contribution is -0.135. The van der Waals surface area contributed by atoms with Crippen molar-refractivity contribution in [1.82, 2.24) is 19.8 Å². The van der Waals surface area contributed by atoms with Gasteiger partial charge in [-0.25, -0.2) is 9.97 Å². The number of fused-ring (bicyclic) bond motifs is 1. The molecule has 3 heterocycles. The van der Waals surface area contributed by atoms with Crippen molar-refractivity contribution in [1.29, 1.82) is 0 Å². The maximum absolute atomic E-state index is 11.9. The number of anilines is 2. The standard InChI is InChI=1S/C29H33N5O5/c1-2-21-4-3-5-22(16-21)32-29-24-17-27(39-23-6-8-34(9-7-23)28(36)19-35)26(18-25(24)30-20-31-29)38-15-12-33-10-13-37-14-11-33/h1,3-5,16-18,20,23,35H,6-15,19H2,(H,30,31,32). The number of carbonyl (C=O) groups is 1. The number of amides is 1. The zero-order valence-electron chi connectivity index (χ0n) is 21.8. The lowest BCUT2D eigenvalue weighted by Crippen LogP contribution is -2.43. The van der Waals surface area contributed by atoms with E-state index in [4.69, 9.17) is 20.6 Å². The molecule has 5 rings (SSSR count). The van der Waals surface area contributed by atoms with Gasteiger partial charge in [0.1, 0.15) is 31.5 Å². The summed E-state index contributed by atoms with van der Waals surface area (Å²) in [6.45, 7) is 5.12. The van der Waals surface area contributed by atoms with Crippen LogP contribution in [0.15, 0.2) is 42.7 Å². The van der Waals surface area contributed by atoms with Gasteiger partial charge in [-0.3, -0.25) is 9.69 Å². The van der Waals surface area contributed by atoms with Crippen LogP contribution < -0.4 is 14.8 Å². The number of piperidine rings is 1. The summed E-state index contributed by atoms with van der Waals surface area (Å²) >= 11 is 0. The third-order valence-electron chi connectivity index (χ3n) is 6.99. The van der Waals surface area contributed by atoms with E-state index in [1.54, 1.807) is 4.90 Å². The van der Waals surface area contributed by atoms with Crippen LogP contribution in [-0.4, -0.2) is 96.0 Å². The Morgan fingerprint density at radius 2 is 1.95 bits per heavy atom. The Kier molecular flexibility index (Phi) is 8.73. The van der Waals surface area contributed by atoms with Crippen LogP contribution in [0.25, 0.3) is 10.9 Å². The van der Waals surface area contributed by atoms with Crippen LogP contribution in [0.1, 0.15) is 18.4 Å². The Morgan fingerprint density at radius 1 is 1.13 bits per heavy atom. The molecule has 2 N–H and O–H groups in total. The fourth-order valence-corrected chi connectivity index (χ4v) is 4.80. The van der Waals surface area contributed by atoms with Gasteiger partial charge in [0.2, 0.25) is 5.91 Å². The number of terminal acetylenes is 1. The van der Waals surface area contributed by atoms with Crippen molar-refractivity contribution >= 4 is 28.3 Å². The van der Waals surface area contributed by atoms with E-state index >= 15 is 0 Å². The minimum atomic E-state index is -0.475. The zero-order valence-corrected chi connectivity index (χ0v) is 21.8. The van der Waals surface area contributed by atoms with E-state index in [0.29, 0.717) is 49.9 Å². The highest BCUT2D eigenvalue weighted by Gasteiger charge is 2.25. The van der Waals surface area contributed by atoms with E-state index < -0.39 is 6.61 Å². The molecule has 0 bridgehead atoms. The fraction of sp³-hybridized carbons (Fsp3) is 0.414. The van der Waals surface area contributed by atoms with Gasteiger partial charge in [0.05, 0.1) is 18.7 Å². The van der Waals surface area contributed by atoms with Crippen LogP contribution in [0.4, 0.5) is 11.5 Å². The summed E-state index contributed by atoms with van der Waals surface area (Å²) < 4.78 is 18.2. The number of aromatic nitrogens is 2. The summed E-state index contributed by atoms with van der Waals surface area (Å²) in [7, 11) is 0. The average Bonchev–Trinajstić information content (AvgIpc) is 2.98. The van der Waals surface area contributed by atoms with Crippen LogP contribution >= 0.6 is 0 Å². The number of nitrogens with zero attached hydrogens (tertiary/aromatic N) is 4. The SMILES string of the molecule is C#Cc1cccc(Nc2ncnc3cc(OCCN4CCOCC4)c(OC4CCN(C(=O)CO)CC4)cc23)c1. The Hall–Kier alpha value is -3.91. The number of nitrogens with one attached hydrogen (secondary N) is 1. The maximum Gasteiger partial charge on any atom is 0.248 e. The van der Waals surface area contributed by atoms with E-state index in [9.17, 15) is 9.90 Å². The van der Waals surface area contributed by atoms with Crippen LogP contribution in [-0.2, 0) is 9.53 Å². The van der Waals surface area contributed by atoms with Crippen molar-refractivity contribution < 1.29 is 24.1 Å². The third kappa shape index (κ3) is 6.75. The summed E-state index contributed by atoms with van der Waals surface area (Å²) in [4.78, 5) is 24.8. The number of hydrogen-bond donors (Lipinski definition) is 2. The van der Waals surface area contributed by atoms with Gasteiger partial charge >= 0.3 is 0 Å². The Labute approximate surface area is 227 Å². The number of rotatable bonds is 9. The molecule has 1 aromatic heterocycles. The molecular weight excluding hydrogens is 498 g/mol. The predicted octanol–water partition coefficient (Wildman–Crippen LogP) is 2.43. The fourth-order valence-electron chi connectivity index (χ4n) is 4.80. The van der Waals surface area contributed by atoms with Gasteiger partial charge in [0, 0.05) is 68.3 Å². The number of likely N-dealkylation sites (tertiary alicyclic amines) is 1. The minimum Gasteiger partial charge on any atom is -0.488 e. The second-order valence-electron chi connectivity index (χ2n) is 9.55. The number of hydrogen-bond acceptors (Lipinski definition) is 9. The lowest BCUT2D eigenvalue weighted by Gasteiger charge is -2.32. The molecule has 10 heteroatoms. The highest BCUT2D eigenvalue weighted by molar-refractivity contribution is 5.93. The Balaban J connectivity index is 1.39. The van der Waals surface area contributed by atoms with Gasteiger partial charge in [-0.05, 0) is 24.3 Å². The molecule has 2 fully saturated rings. The van der Waals surface area contributed by atoms with Crippen LogP contribution in [0.5, 0.6) is 11.5 Å². The molecule has 10 nitrogen and oxygen atoms in total. The van der Waals surface area contributed by atoms with E-state index in [1.807, 2.05) is 36.4 Å². The van der Waals surface area contributed by atoms with Crippen LogP contribution in [0, 0.1) is 12.3 Å². The zero-order chi connectivity index (χ0) is 27.0. The van der Waals surface area contributed by atoms with Crippen molar-refractivity contribution in [3.8, 4) is 23.8 Å². The Morgan fingerprint density at radius 3 is 2.72 bits per heavy atom. The molecule has 2 aliphatic rings. The van der Waals surface area contributed by atoms with Gasteiger partial charge in [-0.2, -0.15) is 0 Å². The molecule has 0 radical (unpaired) electrons. The summed E-state index contributed by atoms with van der Waals surface area (Å²) in [5, 5.41) is 13.3. The molecule has 39 heavy (non-hydrogen) atoms. The first-order valence-electron chi connectivity index (χ1n) is 13.2. The second-order valence-corrected chi connectivity index (χ2v) is 9.55. The summed E-state index contributed by atoms with van der Waals surface area (Å²) in [6.07, 6.45) is 8.31. The molecular formula is C29H33N5O5. The highest BCUT2D eigenvalue weighted by atomic mass is 16.5. The van der Waals surface area contributed by atoms with Crippen molar-refractivity contribution in [3.63, 3.8) is 0 Å². The molecule has 204 valence electrons. The van der Waals surface area contributed by atoms with Gasteiger partial charge in [0.15, 0.2) is 11.5 Å². The van der Waals surface area contributed by atoms with Crippen molar-refractivity contribution in [2.75, 3.05) is 64.5 Å². The third-order valence-corrected chi connectivity index (χ3v) is 6.99. The minimum absolute atomic E-state index is 0.0971. The summed E-state index contributed by atoms with van der Waals surface area (Å²) in [5.74, 6) is 4.24. The summed E-state index contributed by atoms with van der Waals surface area (Å²) in [5.41, 5.74) is 2.31. The second kappa shape index (κ2) is 12.8. The largest absolute Gasteiger partial charge is 0.488 e. The molecule has 0 aliphatic carbocycles. The van der Waals surface area contributed by atoms with Crippen LogP contribution in [0.2, 0.25) is 0 Å². The first-order valence-corrected chi connectivity index (χ1v) is 13.2. The van der Waals surface area contributed by atoms with E-state index in [1.165, 1.54) is 6.33 Å². The molecule has 3 aromatic rings. The molecule has 0 atom stereocenters. The van der Waals surface area contributed by atoms with Crippen molar-refractivity contribution in [3.05, 3.63) is 48.3 Å². The molecule has 0 spiro atoms. The first-order chi connectivity index (χ1) is 19.1. The number of aliphatic hydroxyl groups is 1. The molecule has 2 saturated heterocycles. The topological polar surface area (TPSA) is 109 Å². The van der Waals surface area contributed by atoms with Gasteiger partial charge in [-0.15, -0.1) is 6.42 Å². The smallest absolute Gasteiger partial charge is 0.248 e. The Bertz CT molecular complexity index is 1330. The number of ether oxygens (including phenoxy) is 3. The number of carbonyl (C=O) groups excluding carboxylic acids is 1. The van der Waals surface area contributed by atoms with Crippen molar-refractivity contribution in [2.24, 2.45) is 0 Å². The van der Waals surface area contributed by atoms with E-state index in [2.05, 4.69) is 26.1 Å². The lowest BCUT2D eigenvalue weighted by atomic mass is 10.1. The molecule has 0 saturated carbocycles. The maximum atomic E-state index is 11.9. The quantitative estimate of drug-likeness (QED) is 0.403. The van der Waals surface area contributed by atoms with Crippen molar-refractivity contribution in [2.45, 2.75) is 18.9 Å². The molecule has 2 aliphatic heterocycles. The average molecular weight is 532 g/mol. The summed E-state index contributed by atoms with van der Waals surface area (Å²) in [6, 6.07) is 11.4. The number of morpholine rings is 1. The van der Waals surface area contributed by atoms with Crippen LogP contribution in [0.3, 0.4) is 0 Å². The number of aliphatic hydroxyl groups excluding tert-OH is 1.